The molecule has 1 unspecified atom stereocenters. The van der Waals surface area contributed by atoms with Crippen molar-refractivity contribution in [2.24, 2.45) is 0 Å². The van der Waals surface area contributed by atoms with Crippen LogP contribution in [0.1, 0.15) is 5.56 Å². The van der Waals surface area contributed by atoms with Crippen molar-refractivity contribution in [1.82, 2.24) is 14.6 Å². The standard InChI is InChI=1S/C17H16N4O3S/c1-2-10-21(12-13-6-5-9-18-11-13)17(22)16-19-14-7-3-4-8-15(14)25(23,24)20-16/h1,3-9,11,16,19-20H,10,12H2. The maximum absolute atomic E-state index is 12.8. The zero-order valence-electron chi connectivity index (χ0n) is 13.2. The van der Waals surface area contributed by atoms with Crippen LogP contribution in [0.25, 0.3) is 0 Å². The molecule has 25 heavy (non-hydrogen) atoms. The monoisotopic (exact) mass is 356 g/mol. The number of fused-ring (bicyclic) bond motifs is 1. The number of amides is 1. The number of aromatic nitrogens is 1. The van der Waals surface area contributed by atoms with Crippen molar-refractivity contribution in [3.05, 3.63) is 54.4 Å². The smallest absolute Gasteiger partial charge is 0.262 e. The average molecular weight is 356 g/mol. The molecule has 0 spiro atoms. The summed E-state index contributed by atoms with van der Waals surface area (Å²) in [7, 11) is -3.78. The average Bonchev–Trinajstić information content (AvgIpc) is 2.61. The van der Waals surface area contributed by atoms with E-state index in [1.165, 1.54) is 11.0 Å². The molecule has 2 aromatic rings. The van der Waals surface area contributed by atoms with Gasteiger partial charge in [0.05, 0.1) is 12.2 Å². The highest BCUT2D eigenvalue weighted by atomic mass is 32.2. The molecule has 0 aliphatic carbocycles. The molecule has 1 amide bonds. The van der Waals surface area contributed by atoms with Gasteiger partial charge in [-0.25, -0.2) is 8.42 Å². The summed E-state index contributed by atoms with van der Waals surface area (Å²) in [5.41, 5.74) is 1.17. The fourth-order valence-electron chi connectivity index (χ4n) is 2.55. The first-order chi connectivity index (χ1) is 12.0. The minimum Gasteiger partial charge on any atom is -0.360 e. The van der Waals surface area contributed by atoms with E-state index in [2.05, 4.69) is 20.9 Å². The van der Waals surface area contributed by atoms with Crippen molar-refractivity contribution >= 4 is 21.6 Å². The van der Waals surface area contributed by atoms with Gasteiger partial charge in [-0.2, -0.15) is 4.72 Å². The number of hydrogen-bond acceptors (Lipinski definition) is 5. The van der Waals surface area contributed by atoms with E-state index in [4.69, 9.17) is 6.42 Å². The predicted octanol–water partition coefficient (Wildman–Crippen LogP) is 0.773. The van der Waals surface area contributed by atoms with Gasteiger partial charge in [0.1, 0.15) is 4.90 Å². The summed E-state index contributed by atoms with van der Waals surface area (Å²) < 4.78 is 27.1. The molecule has 1 aromatic heterocycles. The molecular weight excluding hydrogens is 340 g/mol. The van der Waals surface area contributed by atoms with E-state index >= 15 is 0 Å². The molecule has 128 valence electrons. The molecule has 8 heteroatoms. The second kappa shape index (κ2) is 6.93. The lowest BCUT2D eigenvalue weighted by atomic mass is 10.2. The van der Waals surface area contributed by atoms with E-state index in [-0.39, 0.29) is 18.0 Å². The third-order valence-electron chi connectivity index (χ3n) is 3.69. The molecule has 1 aliphatic rings. The Bertz CT molecular complexity index is 922. The van der Waals surface area contributed by atoms with Crippen molar-refractivity contribution in [2.75, 3.05) is 11.9 Å². The lowest BCUT2D eigenvalue weighted by Crippen LogP contribution is -2.54. The molecule has 7 nitrogen and oxygen atoms in total. The van der Waals surface area contributed by atoms with E-state index in [1.807, 2.05) is 6.07 Å². The summed E-state index contributed by atoms with van der Waals surface area (Å²) in [6.45, 7) is 0.285. The topological polar surface area (TPSA) is 91.4 Å². The first kappa shape index (κ1) is 17.0. The molecule has 1 aliphatic heterocycles. The molecule has 0 radical (unpaired) electrons. The number of nitrogens with zero attached hydrogens (tertiary/aromatic N) is 2. The van der Waals surface area contributed by atoms with Gasteiger partial charge in [-0.05, 0) is 23.8 Å². The highest BCUT2D eigenvalue weighted by Crippen LogP contribution is 2.25. The molecule has 0 bridgehead atoms. The number of sulfonamides is 1. The summed E-state index contributed by atoms with van der Waals surface area (Å²) in [6, 6.07) is 9.97. The van der Waals surface area contributed by atoms with E-state index in [0.717, 1.165) is 5.56 Å². The first-order valence-corrected chi connectivity index (χ1v) is 8.98. The molecule has 1 aromatic carbocycles. The van der Waals surface area contributed by atoms with Crippen LogP contribution in [0.3, 0.4) is 0 Å². The molecule has 0 fully saturated rings. The van der Waals surface area contributed by atoms with Gasteiger partial charge in [0.2, 0.25) is 10.0 Å². The summed E-state index contributed by atoms with van der Waals surface area (Å²) in [5.74, 6) is 1.97. The minimum absolute atomic E-state index is 0.0509. The Morgan fingerprint density at radius 1 is 1.28 bits per heavy atom. The quantitative estimate of drug-likeness (QED) is 0.790. The third kappa shape index (κ3) is 3.63. The lowest BCUT2D eigenvalue weighted by Gasteiger charge is -2.31. The van der Waals surface area contributed by atoms with Gasteiger partial charge in [0, 0.05) is 18.9 Å². The number of anilines is 1. The van der Waals surface area contributed by atoms with E-state index in [1.54, 1.807) is 36.7 Å². The molecule has 2 N–H and O–H groups in total. The van der Waals surface area contributed by atoms with Gasteiger partial charge in [0.25, 0.3) is 5.91 Å². The fourth-order valence-corrected chi connectivity index (χ4v) is 3.82. The second-order valence-corrected chi connectivity index (χ2v) is 7.14. The van der Waals surface area contributed by atoms with Crippen molar-refractivity contribution in [1.29, 1.82) is 0 Å². The number of hydrogen-bond donors (Lipinski definition) is 2. The largest absolute Gasteiger partial charge is 0.360 e. The molecule has 3 rings (SSSR count). The maximum atomic E-state index is 12.8. The molecule has 1 atom stereocenters. The Morgan fingerprint density at radius 3 is 2.80 bits per heavy atom. The van der Waals surface area contributed by atoms with Crippen LogP contribution in [-0.4, -0.2) is 36.9 Å². The number of para-hydroxylation sites is 1. The summed E-state index contributed by atoms with van der Waals surface area (Å²) in [4.78, 5) is 18.3. The van der Waals surface area contributed by atoms with Crippen LogP contribution in [0.15, 0.2) is 53.7 Å². The van der Waals surface area contributed by atoms with Crippen molar-refractivity contribution in [3.8, 4) is 12.3 Å². The Labute approximate surface area is 146 Å². The molecular formula is C17H16N4O3S. The number of terminal acetylenes is 1. The van der Waals surface area contributed by atoms with Crippen molar-refractivity contribution in [2.45, 2.75) is 17.6 Å². The normalized spacial score (nSPS) is 17.6. The fraction of sp³-hybridized carbons (Fsp3) is 0.176. The van der Waals surface area contributed by atoms with Crippen molar-refractivity contribution in [3.63, 3.8) is 0 Å². The number of carbonyl (C=O) groups excluding carboxylic acids is 1. The maximum Gasteiger partial charge on any atom is 0.262 e. The summed E-state index contributed by atoms with van der Waals surface area (Å²) in [5, 5.41) is 2.91. The number of carbonyl (C=O) groups is 1. The predicted molar refractivity (Wildman–Crippen MR) is 92.7 cm³/mol. The van der Waals surface area contributed by atoms with Gasteiger partial charge < -0.3 is 10.2 Å². The minimum atomic E-state index is -3.78. The number of benzene rings is 1. The van der Waals surface area contributed by atoms with E-state index in [9.17, 15) is 13.2 Å². The lowest BCUT2D eigenvalue weighted by molar-refractivity contribution is -0.132. The van der Waals surface area contributed by atoms with Gasteiger partial charge in [-0.15, -0.1) is 6.42 Å². The third-order valence-corrected chi connectivity index (χ3v) is 5.17. The first-order valence-electron chi connectivity index (χ1n) is 7.50. The van der Waals surface area contributed by atoms with Gasteiger partial charge in [-0.3, -0.25) is 9.78 Å². The van der Waals surface area contributed by atoms with Crippen molar-refractivity contribution < 1.29 is 13.2 Å². The Morgan fingerprint density at radius 2 is 2.08 bits per heavy atom. The van der Waals surface area contributed by atoms with Gasteiger partial charge in [-0.1, -0.05) is 24.1 Å². The highest BCUT2D eigenvalue weighted by Gasteiger charge is 2.34. The highest BCUT2D eigenvalue weighted by molar-refractivity contribution is 7.89. The van der Waals surface area contributed by atoms with E-state index in [0.29, 0.717) is 5.69 Å². The molecule has 0 saturated carbocycles. The molecule has 0 saturated heterocycles. The zero-order valence-corrected chi connectivity index (χ0v) is 14.0. The summed E-state index contributed by atoms with van der Waals surface area (Å²) in [6.07, 6.45) is 7.50. The van der Waals surface area contributed by atoms with Gasteiger partial charge >= 0.3 is 0 Å². The van der Waals surface area contributed by atoms with Crippen LogP contribution < -0.4 is 10.0 Å². The molecule has 2 heterocycles. The second-order valence-electron chi connectivity index (χ2n) is 5.45. The van der Waals surface area contributed by atoms with Crippen LogP contribution in [0, 0.1) is 12.3 Å². The van der Waals surface area contributed by atoms with E-state index < -0.39 is 22.1 Å². The van der Waals surface area contributed by atoms with Crippen LogP contribution in [0.5, 0.6) is 0 Å². The SMILES string of the molecule is C#CCN(Cc1cccnc1)C(=O)C1Nc2ccccc2S(=O)(=O)N1. The van der Waals surface area contributed by atoms with Gasteiger partial charge in [0.15, 0.2) is 6.17 Å². The zero-order chi connectivity index (χ0) is 17.9. The van der Waals surface area contributed by atoms with Crippen LogP contribution >= 0.6 is 0 Å². The van der Waals surface area contributed by atoms with Crippen LogP contribution in [0.2, 0.25) is 0 Å². The summed E-state index contributed by atoms with van der Waals surface area (Å²) >= 11 is 0. The number of rotatable bonds is 4. The Hall–Kier alpha value is -2.89. The number of nitrogens with one attached hydrogen (secondary N) is 2. The van der Waals surface area contributed by atoms with Crippen LogP contribution in [0.4, 0.5) is 5.69 Å². The Balaban J connectivity index is 1.85. The number of pyridine rings is 1. The Kier molecular flexibility index (Phi) is 4.70. The van der Waals surface area contributed by atoms with Crippen LogP contribution in [-0.2, 0) is 21.4 Å².